The van der Waals surface area contributed by atoms with Gasteiger partial charge in [0, 0.05) is 0 Å². The second-order valence-electron chi connectivity index (χ2n) is 19.5. The Labute approximate surface area is 410 Å². The number of allylic oxidation sites excluding steroid dienone is 7. The van der Waals surface area contributed by atoms with Crippen LogP contribution in [-0.4, -0.2) is 98.7 Å². The summed E-state index contributed by atoms with van der Waals surface area (Å²) >= 11 is 0. The monoisotopic (exact) mass is 948 g/mol. The van der Waals surface area contributed by atoms with Crippen molar-refractivity contribution in [1.82, 2.24) is 5.32 Å². The minimum absolute atomic E-state index is 0.301. The van der Waals surface area contributed by atoms with Crippen LogP contribution >= 0.6 is 0 Å². The van der Waals surface area contributed by atoms with Gasteiger partial charge in [0.05, 0.1) is 25.4 Å². The number of nitrogens with one attached hydrogen (secondary N) is 1. The molecule has 1 saturated heterocycles. The van der Waals surface area contributed by atoms with Gasteiger partial charge in [-0.15, -0.1) is 0 Å². The molecule has 8 atom stereocenters. The van der Waals surface area contributed by atoms with Crippen LogP contribution in [-0.2, 0) is 14.3 Å². The Morgan fingerprint density at radius 2 is 0.925 bits per heavy atom. The van der Waals surface area contributed by atoms with Crippen molar-refractivity contribution in [3.8, 4) is 0 Å². The number of hydrogen-bond acceptors (Lipinski definition) is 9. The number of carbonyl (C=O) groups is 1. The molecule has 0 aromatic rings. The minimum atomic E-state index is -1.62. The maximum absolute atomic E-state index is 13.1. The van der Waals surface area contributed by atoms with Crippen LogP contribution in [0.5, 0.6) is 0 Å². The molecule has 67 heavy (non-hydrogen) atoms. The Bertz CT molecular complexity index is 1210. The second kappa shape index (κ2) is 46.5. The van der Waals surface area contributed by atoms with E-state index in [1.807, 2.05) is 6.08 Å². The van der Waals surface area contributed by atoms with Crippen LogP contribution in [0.15, 0.2) is 48.6 Å². The molecule has 1 aliphatic rings. The van der Waals surface area contributed by atoms with E-state index in [1.165, 1.54) is 173 Å². The van der Waals surface area contributed by atoms with Gasteiger partial charge in [-0.25, -0.2) is 0 Å². The van der Waals surface area contributed by atoms with E-state index in [2.05, 4.69) is 55.6 Å². The van der Waals surface area contributed by atoms with Crippen LogP contribution in [0.25, 0.3) is 0 Å². The first-order chi connectivity index (χ1) is 32.8. The van der Waals surface area contributed by atoms with E-state index in [1.54, 1.807) is 6.08 Å². The lowest BCUT2D eigenvalue weighted by Crippen LogP contribution is -2.60. The van der Waals surface area contributed by atoms with Crippen molar-refractivity contribution in [2.24, 2.45) is 0 Å². The Morgan fingerprint density at radius 1 is 0.522 bits per heavy atom. The van der Waals surface area contributed by atoms with Crippen LogP contribution in [0.4, 0.5) is 0 Å². The molecule has 10 heteroatoms. The van der Waals surface area contributed by atoms with Gasteiger partial charge in [0.2, 0.25) is 5.91 Å². The standard InChI is InChI=1S/C57H105NO9/c1-3-5-7-9-11-13-15-17-19-20-21-22-23-24-25-26-27-28-29-30-31-32-34-36-38-40-42-44-46-51(61)56(65)58-49(48-66-57-55(64)54(63)53(62)52(47-59)67-57)50(60)45-43-41-39-37-35-33-18-16-14-12-10-8-6-4-2/h21-22,24-25,35,37,43,45,49-55,57,59-64H,3-20,23,26-34,36,38-42,44,46-48H2,1-2H3,(H,58,65)/b22-21-,25-24-,37-35+,45-43+. The first kappa shape index (κ1) is 63.1. The van der Waals surface area contributed by atoms with Crippen LogP contribution in [0, 0.1) is 0 Å². The molecule has 1 fully saturated rings. The lowest BCUT2D eigenvalue weighted by atomic mass is 9.99. The summed E-state index contributed by atoms with van der Waals surface area (Å²) in [6.45, 7) is 3.60. The van der Waals surface area contributed by atoms with Gasteiger partial charge in [-0.1, -0.05) is 229 Å². The lowest BCUT2D eigenvalue weighted by Gasteiger charge is -2.40. The molecule has 0 aromatic heterocycles. The third-order valence-corrected chi connectivity index (χ3v) is 13.2. The SMILES string of the molecule is CCCCCCCCCC/C=C/CC/C=C/C(O)C(COC1OC(CO)C(O)C(O)C1O)NC(=O)C(O)CCCCCCCCCCCCCC/C=C\C/C=C\CCCCCCCCCCC. The molecule has 1 amide bonds. The highest BCUT2D eigenvalue weighted by atomic mass is 16.7. The molecule has 8 unspecified atom stereocenters. The summed E-state index contributed by atoms with van der Waals surface area (Å²) in [5.74, 6) is -0.627. The van der Waals surface area contributed by atoms with E-state index in [9.17, 15) is 35.4 Å². The highest BCUT2D eigenvalue weighted by molar-refractivity contribution is 5.80. The molecular formula is C57H105NO9. The van der Waals surface area contributed by atoms with Gasteiger partial charge < -0.3 is 45.4 Å². The van der Waals surface area contributed by atoms with Crippen molar-refractivity contribution in [3.05, 3.63) is 48.6 Å². The summed E-state index contributed by atoms with van der Waals surface area (Å²) in [5.41, 5.74) is 0. The summed E-state index contributed by atoms with van der Waals surface area (Å²) in [4.78, 5) is 13.1. The van der Waals surface area contributed by atoms with E-state index < -0.39 is 61.5 Å². The number of rotatable bonds is 47. The topological polar surface area (TPSA) is 169 Å². The van der Waals surface area contributed by atoms with E-state index in [0.29, 0.717) is 19.3 Å². The molecule has 0 aliphatic carbocycles. The smallest absolute Gasteiger partial charge is 0.249 e. The zero-order chi connectivity index (χ0) is 48.8. The molecule has 1 heterocycles. The summed E-state index contributed by atoms with van der Waals surface area (Å²) in [6, 6.07) is -0.998. The number of amides is 1. The minimum Gasteiger partial charge on any atom is -0.394 e. The molecular weight excluding hydrogens is 843 g/mol. The predicted molar refractivity (Wildman–Crippen MR) is 278 cm³/mol. The van der Waals surface area contributed by atoms with E-state index in [-0.39, 0.29) is 6.61 Å². The Hall–Kier alpha value is -1.89. The van der Waals surface area contributed by atoms with Crippen molar-refractivity contribution in [1.29, 1.82) is 0 Å². The third-order valence-electron chi connectivity index (χ3n) is 13.2. The number of unbranched alkanes of at least 4 members (excludes halogenated alkanes) is 30. The maximum atomic E-state index is 13.1. The molecule has 0 radical (unpaired) electrons. The average molecular weight is 948 g/mol. The van der Waals surface area contributed by atoms with Crippen molar-refractivity contribution in [2.45, 2.75) is 294 Å². The molecule has 1 aliphatic heterocycles. The van der Waals surface area contributed by atoms with Gasteiger partial charge in [-0.2, -0.15) is 0 Å². The Kier molecular flexibility index (Phi) is 43.8. The molecule has 7 N–H and O–H groups in total. The number of aliphatic hydroxyl groups excluding tert-OH is 6. The first-order valence-electron chi connectivity index (χ1n) is 28.0. The van der Waals surface area contributed by atoms with Gasteiger partial charge >= 0.3 is 0 Å². The Balaban J connectivity index is 2.25. The molecule has 0 saturated carbocycles. The van der Waals surface area contributed by atoms with Gasteiger partial charge in [-0.3, -0.25) is 4.79 Å². The molecule has 0 bridgehead atoms. The summed E-state index contributed by atoms with van der Waals surface area (Å²) < 4.78 is 11.2. The molecule has 0 spiro atoms. The van der Waals surface area contributed by atoms with Crippen LogP contribution < -0.4 is 5.32 Å². The summed E-state index contributed by atoms with van der Waals surface area (Å²) in [7, 11) is 0. The summed E-state index contributed by atoms with van der Waals surface area (Å²) in [6.07, 6.45) is 50.7. The van der Waals surface area contributed by atoms with Gasteiger partial charge in [0.1, 0.15) is 30.5 Å². The van der Waals surface area contributed by atoms with E-state index in [4.69, 9.17) is 9.47 Å². The third kappa shape index (κ3) is 35.8. The van der Waals surface area contributed by atoms with E-state index >= 15 is 0 Å². The maximum Gasteiger partial charge on any atom is 0.249 e. The Morgan fingerprint density at radius 3 is 1.39 bits per heavy atom. The number of ether oxygens (including phenoxy) is 2. The predicted octanol–water partition coefficient (Wildman–Crippen LogP) is 12.3. The van der Waals surface area contributed by atoms with Crippen molar-refractivity contribution in [2.75, 3.05) is 13.2 Å². The number of hydrogen-bond donors (Lipinski definition) is 7. The molecule has 10 nitrogen and oxygen atoms in total. The van der Waals surface area contributed by atoms with Crippen molar-refractivity contribution >= 4 is 5.91 Å². The highest BCUT2D eigenvalue weighted by Gasteiger charge is 2.44. The zero-order valence-corrected chi connectivity index (χ0v) is 43.0. The van der Waals surface area contributed by atoms with E-state index in [0.717, 1.165) is 38.5 Å². The zero-order valence-electron chi connectivity index (χ0n) is 43.0. The van der Waals surface area contributed by atoms with Crippen molar-refractivity contribution in [3.63, 3.8) is 0 Å². The summed E-state index contributed by atoms with van der Waals surface area (Å²) in [5, 5.41) is 64.9. The number of aliphatic hydroxyl groups is 6. The largest absolute Gasteiger partial charge is 0.394 e. The molecule has 1 rings (SSSR count). The fraction of sp³-hybridized carbons (Fsp3) is 0.842. The quantitative estimate of drug-likeness (QED) is 0.0232. The number of carbonyl (C=O) groups excluding carboxylic acids is 1. The molecule has 0 aromatic carbocycles. The fourth-order valence-corrected chi connectivity index (χ4v) is 8.68. The van der Waals surface area contributed by atoms with Crippen molar-refractivity contribution < 1.29 is 44.9 Å². The van der Waals surface area contributed by atoms with Crippen LogP contribution in [0.1, 0.15) is 245 Å². The first-order valence-corrected chi connectivity index (χ1v) is 28.0. The normalized spacial score (nSPS) is 20.5. The van der Waals surface area contributed by atoms with Crippen LogP contribution in [0.2, 0.25) is 0 Å². The molecule has 392 valence electrons. The van der Waals surface area contributed by atoms with Gasteiger partial charge in [0.15, 0.2) is 6.29 Å². The fourth-order valence-electron chi connectivity index (χ4n) is 8.68. The lowest BCUT2D eigenvalue weighted by molar-refractivity contribution is -0.302. The highest BCUT2D eigenvalue weighted by Crippen LogP contribution is 2.23. The van der Waals surface area contributed by atoms with Gasteiger partial charge in [0.25, 0.3) is 0 Å². The second-order valence-corrected chi connectivity index (χ2v) is 19.5. The average Bonchev–Trinajstić information content (AvgIpc) is 3.33. The van der Waals surface area contributed by atoms with Gasteiger partial charge in [-0.05, 0) is 64.2 Å². The van der Waals surface area contributed by atoms with Crippen LogP contribution in [0.3, 0.4) is 0 Å².